The Morgan fingerprint density at radius 1 is 1.16 bits per heavy atom. The molecule has 1 aliphatic carbocycles. The predicted molar refractivity (Wildman–Crippen MR) is 122 cm³/mol. The molecular formula is C23H30N2O4S2. The van der Waals surface area contributed by atoms with Crippen molar-refractivity contribution in [1.29, 1.82) is 0 Å². The minimum Gasteiger partial charge on any atom is -0.495 e. The summed E-state index contributed by atoms with van der Waals surface area (Å²) in [5.74, 6) is 0.403. The van der Waals surface area contributed by atoms with Crippen LogP contribution in [0, 0.1) is 5.92 Å². The SMILES string of the molecule is COc1ccc(C(=O)N2CCCC2c2cccs2)cc1S(=O)(=O)NC1CCCCC1C. The molecule has 0 spiro atoms. The van der Waals surface area contributed by atoms with Gasteiger partial charge in [-0.3, -0.25) is 4.79 Å². The van der Waals surface area contributed by atoms with Crippen molar-refractivity contribution in [2.45, 2.75) is 62.4 Å². The Kier molecular flexibility index (Phi) is 6.69. The van der Waals surface area contributed by atoms with Crippen molar-refractivity contribution >= 4 is 27.3 Å². The van der Waals surface area contributed by atoms with Crippen LogP contribution in [0.3, 0.4) is 0 Å². The summed E-state index contributed by atoms with van der Waals surface area (Å²) in [7, 11) is -2.36. The zero-order valence-corrected chi connectivity index (χ0v) is 19.7. The molecule has 1 amide bonds. The minimum atomic E-state index is -3.82. The third kappa shape index (κ3) is 4.66. The van der Waals surface area contributed by atoms with E-state index in [0.29, 0.717) is 12.1 Å². The summed E-state index contributed by atoms with van der Waals surface area (Å²) in [6, 6.07) is 8.73. The Morgan fingerprint density at radius 2 is 1.97 bits per heavy atom. The van der Waals surface area contributed by atoms with E-state index < -0.39 is 10.0 Å². The standard InChI is InChI=1S/C23H30N2O4S2/c1-16-7-3-4-8-18(16)24-31(27,28)22-15-17(11-12-20(22)29-2)23(26)25-13-5-9-19(25)21-10-6-14-30-21/h6,10-12,14-16,18-19,24H,3-5,7-9,13H2,1-2H3. The number of carbonyl (C=O) groups is 1. The molecule has 6 nitrogen and oxygen atoms in total. The molecule has 8 heteroatoms. The number of sulfonamides is 1. The van der Waals surface area contributed by atoms with Crippen LogP contribution in [0.1, 0.15) is 66.7 Å². The molecule has 0 bridgehead atoms. The molecule has 1 aromatic heterocycles. The number of thiophene rings is 1. The summed E-state index contributed by atoms with van der Waals surface area (Å²) in [6.07, 6.45) is 5.87. The van der Waals surface area contributed by atoms with Gasteiger partial charge in [0.15, 0.2) is 0 Å². The largest absolute Gasteiger partial charge is 0.495 e. The molecule has 4 rings (SSSR count). The third-order valence-electron chi connectivity index (χ3n) is 6.50. The highest BCUT2D eigenvalue weighted by molar-refractivity contribution is 7.89. The van der Waals surface area contributed by atoms with Crippen LogP contribution in [-0.4, -0.2) is 38.9 Å². The van der Waals surface area contributed by atoms with Gasteiger partial charge in [0.2, 0.25) is 10.0 Å². The molecule has 3 atom stereocenters. The van der Waals surface area contributed by atoms with Crippen molar-refractivity contribution in [2.75, 3.05) is 13.7 Å². The number of nitrogens with one attached hydrogen (secondary N) is 1. The van der Waals surface area contributed by atoms with Crippen molar-refractivity contribution in [3.8, 4) is 5.75 Å². The molecule has 2 heterocycles. The van der Waals surface area contributed by atoms with Gasteiger partial charge in [0.25, 0.3) is 5.91 Å². The number of rotatable bonds is 6. The Labute approximate surface area is 188 Å². The second kappa shape index (κ2) is 9.30. The second-order valence-electron chi connectivity index (χ2n) is 8.53. The number of nitrogens with zero attached hydrogens (tertiary/aromatic N) is 1. The van der Waals surface area contributed by atoms with E-state index in [0.717, 1.165) is 38.5 Å². The van der Waals surface area contributed by atoms with Gasteiger partial charge in [0, 0.05) is 23.0 Å². The van der Waals surface area contributed by atoms with E-state index in [9.17, 15) is 13.2 Å². The summed E-state index contributed by atoms with van der Waals surface area (Å²) < 4.78 is 34.7. The molecule has 2 aliphatic rings. The predicted octanol–water partition coefficient (Wildman–Crippen LogP) is 4.59. The number of ether oxygens (including phenoxy) is 1. The van der Waals surface area contributed by atoms with Crippen LogP contribution in [0.5, 0.6) is 5.75 Å². The average Bonchev–Trinajstić information content (AvgIpc) is 3.46. The van der Waals surface area contributed by atoms with Crippen molar-refractivity contribution in [1.82, 2.24) is 9.62 Å². The molecule has 2 fully saturated rings. The minimum absolute atomic E-state index is 0.0329. The lowest BCUT2D eigenvalue weighted by Gasteiger charge is -2.29. The number of methoxy groups -OCH3 is 1. The van der Waals surface area contributed by atoms with E-state index in [-0.39, 0.29) is 34.6 Å². The normalized spacial score (nSPS) is 24.3. The number of hydrogen-bond acceptors (Lipinski definition) is 5. The zero-order valence-electron chi connectivity index (χ0n) is 18.0. The molecule has 1 saturated heterocycles. The van der Waals surface area contributed by atoms with Crippen LogP contribution >= 0.6 is 11.3 Å². The molecule has 0 radical (unpaired) electrons. The number of carbonyl (C=O) groups excluding carboxylic acids is 1. The maximum atomic E-state index is 13.3. The maximum absolute atomic E-state index is 13.3. The van der Waals surface area contributed by atoms with Crippen LogP contribution < -0.4 is 9.46 Å². The first-order chi connectivity index (χ1) is 14.9. The highest BCUT2D eigenvalue weighted by atomic mass is 32.2. The Balaban J connectivity index is 1.62. The Hall–Kier alpha value is -1.90. The van der Waals surface area contributed by atoms with Gasteiger partial charge in [-0.15, -0.1) is 11.3 Å². The van der Waals surface area contributed by atoms with Crippen LogP contribution in [0.2, 0.25) is 0 Å². The van der Waals surface area contributed by atoms with E-state index >= 15 is 0 Å². The summed E-state index contributed by atoms with van der Waals surface area (Å²) >= 11 is 1.65. The molecule has 1 saturated carbocycles. The Morgan fingerprint density at radius 3 is 2.68 bits per heavy atom. The van der Waals surface area contributed by atoms with Gasteiger partial charge >= 0.3 is 0 Å². The van der Waals surface area contributed by atoms with E-state index in [4.69, 9.17) is 4.74 Å². The lowest BCUT2D eigenvalue weighted by Crippen LogP contribution is -2.41. The van der Waals surface area contributed by atoms with Crippen molar-refractivity contribution in [3.63, 3.8) is 0 Å². The molecule has 168 valence electrons. The van der Waals surface area contributed by atoms with Crippen molar-refractivity contribution in [2.24, 2.45) is 5.92 Å². The van der Waals surface area contributed by atoms with Crippen molar-refractivity contribution in [3.05, 3.63) is 46.2 Å². The summed E-state index contributed by atoms with van der Waals surface area (Å²) in [4.78, 5) is 16.4. The quantitative estimate of drug-likeness (QED) is 0.681. The summed E-state index contributed by atoms with van der Waals surface area (Å²) in [5, 5.41) is 2.02. The number of hydrogen-bond donors (Lipinski definition) is 1. The smallest absolute Gasteiger partial charge is 0.254 e. The van der Waals surface area contributed by atoms with E-state index in [1.165, 1.54) is 18.1 Å². The van der Waals surface area contributed by atoms with E-state index in [2.05, 4.69) is 17.7 Å². The van der Waals surface area contributed by atoms with Gasteiger partial charge < -0.3 is 9.64 Å². The average molecular weight is 463 g/mol. The third-order valence-corrected chi connectivity index (χ3v) is 8.99. The molecule has 2 aromatic rings. The highest BCUT2D eigenvalue weighted by Gasteiger charge is 2.33. The topological polar surface area (TPSA) is 75.7 Å². The van der Waals surface area contributed by atoms with E-state index in [1.807, 2.05) is 16.3 Å². The fourth-order valence-electron chi connectivity index (χ4n) is 4.73. The first-order valence-electron chi connectivity index (χ1n) is 11.0. The van der Waals surface area contributed by atoms with Crippen LogP contribution in [0.15, 0.2) is 40.6 Å². The maximum Gasteiger partial charge on any atom is 0.254 e. The number of likely N-dealkylation sites (tertiary alicyclic amines) is 1. The van der Waals surface area contributed by atoms with Gasteiger partial charge in [-0.25, -0.2) is 13.1 Å². The fourth-order valence-corrected chi connectivity index (χ4v) is 7.17. The summed E-state index contributed by atoms with van der Waals surface area (Å²) in [6.45, 7) is 2.76. The number of benzene rings is 1. The summed E-state index contributed by atoms with van der Waals surface area (Å²) in [5.41, 5.74) is 0.376. The number of amides is 1. The molecule has 3 unspecified atom stereocenters. The Bertz CT molecular complexity index is 1020. The monoisotopic (exact) mass is 462 g/mol. The fraction of sp³-hybridized carbons (Fsp3) is 0.522. The highest BCUT2D eigenvalue weighted by Crippen LogP contribution is 2.36. The van der Waals surface area contributed by atoms with Crippen molar-refractivity contribution < 1.29 is 17.9 Å². The van der Waals surface area contributed by atoms with Crippen LogP contribution in [-0.2, 0) is 10.0 Å². The van der Waals surface area contributed by atoms with Gasteiger partial charge in [0.05, 0.1) is 13.2 Å². The zero-order chi connectivity index (χ0) is 22.0. The molecular weight excluding hydrogens is 432 g/mol. The van der Waals surface area contributed by atoms with Crippen LogP contribution in [0.25, 0.3) is 0 Å². The first-order valence-corrected chi connectivity index (χ1v) is 13.3. The van der Waals surface area contributed by atoms with Gasteiger partial charge in [-0.2, -0.15) is 0 Å². The molecule has 1 aromatic carbocycles. The second-order valence-corrected chi connectivity index (χ2v) is 11.2. The van der Waals surface area contributed by atoms with Crippen LogP contribution in [0.4, 0.5) is 0 Å². The van der Waals surface area contributed by atoms with Gasteiger partial charge in [-0.05, 0) is 61.2 Å². The van der Waals surface area contributed by atoms with Gasteiger partial charge in [0.1, 0.15) is 10.6 Å². The first kappa shape index (κ1) is 22.3. The lowest BCUT2D eigenvalue weighted by molar-refractivity contribution is 0.0737. The molecule has 31 heavy (non-hydrogen) atoms. The lowest BCUT2D eigenvalue weighted by atomic mass is 9.87. The van der Waals surface area contributed by atoms with E-state index in [1.54, 1.807) is 23.5 Å². The molecule has 1 N–H and O–H groups in total. The molecule has 1 aliphatic heterocycles. The van der Waals surface area contributed by atoms with Gasteiger partial charge in [-0.1, -0.05) is 25.8 Å².